The monoisotopic (exact) mass is 342 g/mol. The molecule has 0 saturated heterocycles. The molecule has 0 radical (unpaired) electrons. The number of carbonyl (C=O) groups excluding carboxylic acids is 2. The topological polar surface area (TPSA) is 76.7 Å². The Bertz CT molecular complexity index is 774. The van der Waals surface area contributed by atoms with Crippen LogP contribution in [0.15, 0.2) is 42.5 Å². The van der Waals surface area contributed by atoms with Gasteiger partial charge in [0, 0.05) is 23.0 Å². The van der Waals surface area contributed by atoms with Gasteiger partial charge in [-0.05, 0) is 38.1 Å². The standard InChI is InChI=1S/C19H22N2O4/c1-12(20-16-8-9-17(24-3)18(11-16)25-4)19(23)21-15-7-5-6-14(10-15)13(2)22/h5-12,20H,1-4H3,(H,21,23). The lowest BCUT2D eigenvalue weighted by Gasteiger charge is -2.17. The van der Waals surface area contributed by atoms with Gasteiger partial charge in [-0.3, -0.25) is 9.59 Å². The first kappa shape index (κ1) is 18.3. The van der Waals surface area contributed by atoms with E-state index in [2.05, 4.69) is 10.6 Å². The predicted molar refractivity (Wildman–Crippen MR) is 97.7 cm³/mol. The number of ether oxygens (including phenoxy) is 2. The van der Waals surface area contributed by atoms with Crippen molar-refractivity contribution in [2.75, 3.05) is 24.9 Å². The molecule has 2 rings (SSSR count). The van der Waals surface area contributed by atoms with Gasteiger partial charge in [-0.2, -0.15) is 0 Å². The lowest BCUT2D eigenvalue weighted by Crippen LogP contribution is -2.31. The van der Waals surface area contributed by atoms with E-state index in [4.69, 9.17) is 9.47 Å². The van der Waals surface area contributed by atoms with Crippen molar-refractivity contribution in [2.45, 2.75) is 19.9 Å². The quantitative estimate of drug-likeness (QED) is 0.755. The van der Waals surface area contributed by atoms with Crippen molar-refractivity contribution in [2.24, 2.45) is 0 Å². The van der Waals surface area contributed by atoms with Gasteiger partial charge in [0.2, 0.25) is 5.91 Å². The third kappa shape index (κ3) is 4.73. The minimum atomic E-state index is -0.487. The SMILES string of the molecule is COc1ccc(NC(C)C(=O)Nc2cccc(C(C)=O)c2)cc1OC. The van der Waals surface area contributed by atoms with Gasteiger partial charge in [-0.15, -0.1) is 0 Å². The van der Waals surface area contributed by atoms with Gasteiger partial charge < -0.3 is 20.1 Å². The average molecular weight is 342 g/mol. The van der Waals surface area contributed by atoms with Crippen LogP contribution in [0.4, 0.5) is 11.4 Å². The number of carbonyl (C=O) groups is 2. The van der Waals surface area contributed by atoms with Crippen molar-refractivity contribution in [1.29, 1.82) is 0 Å². The van der Waals surface area contributed by atoms with E-state index in [9.17, 15) is 9.59 Å². The fourth-order valence-electron chi connectivity index (χ4n) is 2.31. The second-order valence-electron chi connectivity index (χ2n) is 5.56. The van der Waals surface area contributed by atoms with Crippen molar-refractivity contribution in [1.82, 2.24) is 0 Å². The van der Waals surface area contributed by atoms with E-state index in [0.29, 0.717) is 22.7 Å². The van der Waals surface area contributed by atoms with E-state index in [-0.39, 0.29) is 11.7 Å². The van der Waals surface area contributed by atoms with Crippen molar-refractivity contribution >= 4 is 23.1 Å². The molecule has 0 heterocycles. The van der Waals surface area contributed by atoms with Crippen LogP contribution in [0.5, 0.6) is 11.5 Å². The highest BCUT2D eigenvalue weighted by atomic mass is 16.5. The second kappa shape index (κ2) is 8.19. The fraction of sp³-hybridized carbons (Fsp3) is 0.263. The molecule has 0 fully saturated rings. The smallest absolute Gasteiger partial charge is 0.246 e. The molecule has 0 aromatic heterocycles. The molecule has 0 saturated carbocycles. The Balaban J connectivity index is 2.05. The molecule has 0 aliphatic carbocycles. The Labute approximate surface area is 147 Å². The highest BCUT2D eigenvalue weighted by Gasteiger charge is 2.14. The molecule has 132 valence electrons. The van der Waals surface area contributed by atoms with Gasteiger partial charge in [-0.25, -0.2) is 0 Å². The number of methoxy groups -OCH3 is 2. The zero-order valence-electron chi connectivity index (χ0n) is 14.8. The summed E-state index contributed by atoms with van der Waals surface area (Å²) in [5.74, 6) is 0.934. The van der Waals surface area contributed by atoms with E-state index >= 15 is 0 Å². The van der Waals surface area contributed by atoms with Gasteiger partial charge in [0.25, 0.3) is 0 Å². The summed E-state index contributed by atoms with van der Waals surface area (Å²) in [7, 11) is 3.12. The summed E-state index contributed by atoms with van der Waals surface area (Å²) < 4.78 is 10.4. The summed E-state index contributed by atoms with van der Waals surface area (Å²) in [6.07, 6.45) is 0. The van der Waals surface area contributed by atoms with Crippen LogP contribution in [0.3, 0.4) is 0 Å². The molecule has 6 nitrogen and oxygen atoms in total. The third-order valence-corrected chi connectivity index (χ3v) is 3.70. The molecule has 6 heteroatoms. The Morgan fingerprint density at radius 3 is 2.32 bits per heavy atom. The van der Waals surface area contributed by atoms with Gasteiger partial charge in [-0.1, -0.05) is 12.1 Å². The molecule has 1 unspecified atom stereocenters. The van der Waals surface area contributed by atoms with E-state index in [1.54, 1.807) is 57.5 Å². The Morgan fingerprint density at radius 1 is 0.960 bits per heavy atom. The minimum absolute atomic E-state index is 0.0485. The zero-order valence-corrected chi connectivity index (χ0v) is 14.8. The van der Waals surface area contributed by atoms with Crippen LogP contribution in [-0.4, -0.2) is 32.0 Å². The summed E-state index contributed by atoms with van der Waals surface area (Å²) in [5.41, 5.74) is 1.87. The first-order valence-corrected chi connectivity index (χ1v) is 7.85. The van der Waals surface area contributed by atoms with E-state index in [1.165, 1.54) is 6.92 Å². The average Bonchev–Trinajstić information content (AvgIpc) is 2.61. The second-order valence-corrected chi connectivity index (χ2v) is 5.56. The Kier molecular flexibility index (Phi) is 6.00. The van der Waals surface area contributed by atoms with Gasteiger partial charge >= 0.3 is 0 Å². The van der Waals surface area contributed by atoms with Crippen molar-refractivity contribution in [3.05, 3.63) is 48.0 Å². The third-order valence-electron chi connectivity index (χ3n) is 3.70. The number of hydrogen-bond acceptors (Lipinski definition) is 5. The number of benzene rings is 2. The molecule has 25 heavy (non-hydrogen) atoms. The summed E-state index contributed by atoms with van der Waals surface area (Å²) in [4.78, 5) is 23.8. The number of rotatable bonds is 7. The molecule has 0 bridgehead atoms. The summed E-state index contributed by atoms with van der Waals surface area (Å²) in [6.45, 7) is 3.24. The van der Waals surface area contributed by atoms with Gasteiger partial charge in [0.1, 0.15) is 6.04 Å². The molecule has 0 aliphatic heterocycles. The Morgan fingerprint density at radius 2 is 1.68 bits per heavy atom. The highest BCUT2D eigenvalue weighted by molar-refractivity contribution is 5.99. The molecule has 1 amide bonds. The largest absolute Gasteiger partial charge is 0.493 e. The molecule has 0 aliphatic rings. The van der Waals surface area contributed by atoms with Crippen LogP contribution in [0, 0.1) is 0 Å². The molecular formula is C19H22N2O4. The zero-order chi connectivity index (χ0) is 18.4. The van der Waals surface area contributed by atoms with Crippen molar-refractivity contribution < 1.29 is 19.1 Å². The van der Waals surface area contributed by atoms with Gasteiger partial charge in [0.05, 0.1) is 14.2 Å². The number of ketones is 1. The van der Waals surface area contributed by atoms with Crippen LogP contribution in [-0.2, 0) is 4.79 Å². The maximum absolute atomic E-state index is 12.4. The van der Waals surface area contributed by atoms with Crippen LogP contribution >= 0.6 is 0 Å². The number of anilines is 2. The number of nitrogens with one attached hydrogen (secondary N) is 2. The van der Waals surface area contributed by atoms with E-state index in [0.717, 1.165) is 5.69 Å². The van der Waals surface area contributed by atoms with E-state index < -0.39 is 6.04 Å². The van der Waals surface area contributed by atoms with Crippen molar-refractivity contribution in [3.63, 3.8) is 0 Å². The van der Waals surface area contributed by atoms with Crippen molar-refractivity contribution in [3.8, 4) is 11.5 Å². The van der Waals surface area contributed by atoms with Gasteiger partial charge in [0.15, 0.2) is 17.3 Å². The number of amides is 1. The molecule has 2 N–H and O–H groups in total. The van der Waals surface area contributed by atoms with Crippen LogP contribution in [0.2, 0.25) is 0 Å². The maximum atomic E-state index is 12.4. The number of hydrogen-bond donors (Lipinski definition) is 2. The normalized spacial score (nSPS) is 11.4. The molecular weight excluding hydrogens is 320 g/mol. The molecule has 1 atom stereocenters. The van der Waals surface area contributed by atoms with Crippen LogP contribution in [0.25, 0.3) is 0 Å². The highest BCUT2D eigenvalue weighted by Crippen LogP contribution is 2.30. The Hall–Kier alpha value is -3.02. The van der Waals surface area contributed by atoms with Crippen LogP contribution < -0.4 is 20.1 Å². The number of Topliss-reactive ketones (excluding diaryl/α,β-unsaturated/α-hetero) is 1. The fourth-order valence-corrected chi connectivity index (χ4v) is 2.31. The lowest BCUT2D eigenvalue weighted by molar-refractivity contribution is -0.116. The minimum Gasteiger partial charge on any atom is -0.493 e. The van der Waals surface area contributed by atoms with Crippen LogP contribution in [0.1, 0.15) is 24.2 Å². The predicted octanol–water partition coefficient (Wildman–Crippen LogP) is 3.35. The lowest BCUT2D eigenvalue weighted by atomic mass is 10.1. The first-order valence-electron chi connectivity index (χ1n) is 7.85. The first-order chi connectivity index (χ1) is 11.9. The summed E-state index contributed by atoms with van der Waals surface area (Å²) in [5, 5.41) is 5.91. The molecule has 0 spiro atoms. The molecule has 2 aromatic rings. The van der Waals surface area contributed by atoms with E-state index in [1.807, 2.05) is 6.07 Å². The maximum Gasteiger partial charge on any atom is 0.246 e. The molecule has 2 aromatic carbocycles. The summed E-state index contributed by atoms with van der Waals surface area (Å²) in [6, 6.07) is 11.7. The summed E-state index contributed by atoms with van der Waals surface area (Å²) >= 11 is 0.